The van der Waals surface area contributed by atoms with Gasteiger partial charge in [-0.2, -0.15) is 0 Å². The van der Waals surface area contributed by atoms with Crippen molar-refractivity contribution in [3.05, 3.63) is 0 Å². The van der Waals surface area contributed by atoms with Crippen molar-refractivity contribution in [2.45, 2.75) is 130 Å². The lowest BCUT2D eigenvalue weighted by Gasteiger charge is -2.49. The van der Waals surface area contributed by atoms with E-state index in [0.29, 0.717) is 5.75 Å². The molecule has 22 heteroatoms. The molecule has 0 aliphatic carbocycles. The van der Waals surface area contributed by atoms with Gasteiger partial charge in [0, 0.05) is 74.1 Å². The minimum Gasteiger partial charge on any atom is -0.463 e. The average molecular weight is 823 g/mol. The Morgan fingerprint density at radius 1 is 0.589 bits per heavy atom. The third-order valence-electron chi connectivity index (χ3n) is 7.57. The van der Waals surface area contributed by atoms with Gasteiger partial charge in [-0.1, -0.05) is 11.8 Å². The Morgan fingerprint density at radius 3 is 1.61 bits per heavy atom. The normalized spacial score (nSPS) is 27.1. The van der Waals surface area contributed by atoms with Gasteiger partial charge >= 0.3 is 35.8 Å². The zero-order chi connectivity index (χ0) is 42.1. The Balaban J connectivity index is 2.55. The number of rotatable bonds is 19. The van der Waals surface area contributed by atoms with Gasteiger partial charge in [-0.05, 0) is 6.42 Å². The van der Waals surface area contributed by atoms with E-state index in [-0.39, 0.29) is 37.0 Å². The van der Waals surface area contributed by atoms with Crippen LogP contribution in [0.15, 0.2) is 0 Å². The molecule has 0 aromatic heterocycles. The predicted octanol–water partition coefficient (Wildman–Crippen LogP) is -0.628. The van der Waals surface area contributed by atoms with Crippen LogP contribution in [0, 0.1) is 0 Å². The van der Waals surface area contributed by atoms with Crippen molar-refractivity contribution in [3.63, 3.8) is 0 Å². The Bertz CT molecular complexity index is 1430. The van der Waals surface area contributed by atoms with Crippen LogP contribution in [0.25, 0.3) is 0 Å². The molecule has 2 fully saturated rings. The van der Waals surface area contributed by atoms with E-state index < -0.39 is 116 Å². The SMILES string of the molecule is CC(=O)N[C@H]1[C@H](OCCCNC(=O)CCSC(C)=O)O[C@H](COC(C)=O)[C@@H](O[C@@H]2O[C@H](COC(C)=O)[C@H](OC(C)=O)[C@H](OC(C)=O)[C@H]2OC(C)=O)[C@@H]1OC(C)=O. The second-order valence-corrected chi connectivity index (χ2v) is 13.8. The average Bonchev–Trinajstić information content (AvgIpc) is 3.06. The summed E-state index contributed by atoms with van der Waals surface area (Å²) in [6, 6.07) is -1.32. The van der Waals surface area contributed by atoms with Crippen molar-refractivity contribution in [1.29, 1.82) is 0 Å². The monoisotopic (exact) mass is 822 g/mol. The molecule has 0 saturated carbocycles. The van der Waals surface area contributed by atoms with Gasteiger partial charge in [-0.15, -0.1) is 0 Å². The molecule has 0 spiro atoms. The predicted molar refractivity (Wildman–Crippen MR) is 187 cm³/mol. The Labute approximate surface area is 327 Å². The molecule has 2 heterocycles. The summed E-state index contributed by atoms with van der Waals surface area (Å²) < 4.78 is 56.9. The summed E-state index contributed by atoms with van der Waals surface area (Å²) in [6.45, 7) is 7.92. The molecule has 2 amide bonds. The second kappa shape index (κ2) is 23.6. The van der Waals surface area contributed by atoms with E-state index in [2.05, 4.69) is 10.6 Å². The molecular formula is C34H50N2O19S. The zero-order valence-corrected chi connectivity index (χ0v) is 33.2. The summed E-state index contributed by atoms with van der Waals surface area (Å²) in [5.41, 5.74) is 0. The minimum absolute atomic E-state index is 0.0679. The fourth-order valence-electron chi connectivity index (χ4n) is 5.59. The highest BCUT2D eigenvalue weighted by Crippen LogP contribution is 2.35. The Morgan fingerprint density at radius 2 is 1.09 bits per heavy atom. The second-order valence-electron chi connectivity index (χ2n) is 12.5. The van der Waals surface area contributed by atoms with Gasteiger partial charge in [0.1, 0.15) is 37.6 Å². The molecule has 21 nitrogen and oxygen atoms in total. The number of amides is 2. The van der Waals surface area contributed by atoms with E-state index >= 15 is 0 Å². The molecule has 2 N–H and O–H groups in total. The standard InChI is InChI=1S/C34H50N2O19S/c1-16(37)36-27-30(50-20(5)41)28(24(14-47-17(2)38)53-33(27)46-12-9-11-35-26(45)10-13-56-23(8)44)55-34-32(52-22(7)43)31(51-21(6)42)29(49-19(4)40)25(54-34)15-48-18(3)39/h24-25,27-34H,9-15H2,1-8H3,(H,35,45)(H,36,37)/t24-,25-,27-,28-,29+,30-,31+,32-,33-,34+/m1/s1. The summed E-state index contributed by atoms with van der Waals surface area (Å²) in [5, 5.41) is 5.20. The van der Waals surface area contributed by atoms with Gasteiger partial charge in [0.25, 0.3) is 0 Å². The fraction of sp³-hybridized carbons (Fsp3) is 0.735. The zero-order valence-electron chi connectivity index (χ0n) is 32.4. The van der Waals surface area contributed by atoms with Gasteiger partial charge in [0.05, 0.1) is 6.61 Å². The number of carbonyl (C=O) groups is 9. The molecule has 2 saturated heterocycles. The number of hydrogen-bond donors (Lipinski definition) is 2. The van der Waals surface area contributed by atoms with Crippen molar-refractivity contribution in [2.75, 3.05) is 32.1 Å². The molecule has 316 valence electrons. The largest absolute Gasteiger partial charge is 0.463 e. The third kappa shape index (κ3) is 16.8. The lowest BCUT2D eigenvalue weighted by molar-refractivity contribution is -0.350. The lowest BCUT2D eigenvalue weighted by atomic mass is 9.94. The first-order valence-corrected chi connectivity index (χ1v) is 18.5. The van der Waals surface area contributed by atoms with E-state index in [0.717, 1.165) is 53.3 Å². The van der Waals surface area contributed by atoms with Crippen molar-refractivity contribution in [1.82, 2.24) is 10.6 Å². The number of carbonyl (C=O) groups excluding carboxylic acids is 9. The molecule has 10 atom stereocenters. The maximum Gasteiger partial charge on any atom is 0.303 e. The number of hydrogen-bond acceptors (Lipinski definition) is 20. The van der Waals surface area contributed by atoms with E-state index in [1.165, 1.54) is 13.8 Å². The summed E-state index contributed by atoms with van der Waals surface area (Å²) in [5.74, 6) is -5.66. The Kier molecular flexibility index (Phi) is 20.2. The van der Waals surface area contributed by atoms with Crippen LogP contribution in [0.3, 0.4) is 0 Å². The van der Waals surface area contributed by atoms with E-state index in [9.17, 15) is 43.2 Å². The van der Waals surface area contributed by atoms with Crippen LogP contribution in [0.1, 0.15) is 68.2 Å². The summed E-state index contributed by atoms with van der Waals surface area (Å²) in [4.78, 5) is 109. The van der Waals surface area contributed by atoms with Gasteiger partial charge in [0.15, 0.2) is 42.1 Å². The first-order chi connectivity index (χ1) is 26.3. The van der Waals surface area contributed by atoms with Crippen molar-refractivity contribution >= 4 is 64.5 Å². The molecule has 2 aliphatic rings. The fourth-order valence-corrected chi connectivity index (χ4v) is 6.17. The third-order valence-corrected chi connectivity index (χ3v) is 8.38. The quantitative estimate of drug-likeness (QED) is 0.0933. The van der Waals surface area contributed by atoms with E-state index in [4.69, 9.17) is 47.4 Å². The number of ether oxygens (including phenoxy) is 10. The first-order valence-electron chi connectivity index (χ1n) is 17.5. The highest BCUT2D eigenvalue weighted by atomic mass is 32.2. The van der Waals surface area contributed by atoms with Gasteiger partial charge < -0.3 is 58.0 Å². The van der Waals surface area contributed by atoms with Gasteiger partial charge in [-0.3, -0.25) is 43.2 Å². The lowest BCUT2D eigenvalue weighted by Crippen LogP contribution is -2.69. The molecule has 2 aliphatic heterocycles. The van der Waals surface area contributed by atoms with Gasteiger partial charge in [-0.25, -0.2) is 0 Å². The summed E-state index contributed by atoms with van der Waals surface area (Å²) in [7, 11) is 0. The number of esters is 6. The topological polar surface area (TPSA) is 270 Å². The van der Waals surface area contributed by atoms with Crippen LogP contribution in [0.5, 0.6) is 0 Å². The van der Waals surface area contributed by atoms with Crippen LogP contribution in [-0.4, -0.2) is 146 Å². The smallest absolute Gasteiger partial charge is 0.303 e. The first kappa shape index (κ1) is 47.8. The van der Waals surface area contributed by atoms with Crippen molar-refractivity contribution < 1.29 is 90.5 Å². The van der Waals surface area contributed by atoms with Crippen LogP contribution in [0.4, 0.5) is 0 Å². The van der Waals surface area contributed by atoms with E-state index in [1.807, 2.05) is 0 Å². The molecule has 0 aromatic rings. The Hall–Kier alpha value is -4.38. The molecule has 56 heavy (non-hydrogen) atoms. The molecule has 0 bridgehead atoms. The molecule has 0 unspecified atom stereocenters. The molecular weight excluding hydrogens is 772 g/mol. The maximum absolute atomic E-state index is 12.6. The minimum atomic E-state index is -1.80. The number of nitrogens with one attached hydrogen (secondary N) is 2. The maximum atomic E-state index is 12.6. The van der Waals surface area contributed by atoms with Crippen molar-refractivity contribution in [3.8, 4) is 0 Å². The van der Waals surface area contributed by atoms with Crippen LogP contribution in [-0.2, 0) is 90.5 Å². The van der Waals surface area contributed by atoms with Gasteiger partial charge in [0.2, 0.25) is 11.8 Å². The van der Waals surface area contributed by atoms with Crippen molar-refractivity contribution in [2.24, 2.45) is 0 Å². The number of thioether (sulfide) groups is 1. The van der Waals surface area contributed by atoms with Crippen LogP contribution < -0.4 is 10.6 Å². The van der Waals surface area contributed by atoms with E-state index in [1.54, 1.807) is 0 Å². The molecule has 2 rings (SSSR count). The summed E-state index contributed by atoms with van der Waals surface area (Å²) >= 11 is 1.02. The summed E-state index contributed by atoms with van der Waals surface area (Å²) in [6.07, 6.45) is -13.5. The van der Waals surface area contributed by atoms with Crippen LogP contribution in [0.2, 0.25) is 0 Å². The molecule has 0 radical (unpaired) electrons. The van der Waals surface area contributed by atoms with Crippen LogP contribution >= 0.6 is 11.8 Å². The highest BCUT2D eigenvalue weighted by molar-refractivity contribution is 8.13. The highest BCUT2D eigenvalue weighted by Gasteiger charge is 2.57. The molecule has 0 aromatic carbocycles.